The highest BCUT2D eigenvalue weighted by atomic mass is 16.5. The van der Waals surface area contributed by atoms with Gasteiger partial charge in [-0.25, -0.2) is 4.98 Å². The van der Waals surface area contributed by atoms with Crippen molar-refractivity contribution in [3.63, 3.8) is 0 Å². The molecule has 0 saturated carbocycles. The highest BCUT2D eigenvalue weighted by molar-refractivity contribution is 5.87. The van der Waals surface area contributed by atoms with Gasteiger partial charge in [0.1, 0.15) is 12.1 Å². The van der Waals surface area contributed by atoms with Crippen LogP contribution in [-0.4, -0.2) is 35.0 Å². The molecule has 0 spiro atoms. The normalized spacial score (nSPS) is 16.1. The number of nitrogens with two attached hydrogens (primary N) is 1. The summed E-state index contributed by atoms with van der Waals surface area (Å²) >= 11 is 0. The second-order valence-electron chi connectivity index (χ2n) is 7.35. The first kappa shape index (κ1) is 18.4. The van der Waals surface area contributed by atoms with Crippen molar-refractivity contribution in [2.75, 3.05) is 13.1 Å². The summed E-state index contributed by atoms with van der Waals surface area (Å²) < 4.78 is 6.03. The standard InChI is InChI=1S/C23H25N3O2/c1-16-5-4-12-25-22(16)28-20-10-13-26(14-11-20)23(27)21(24)19-9-8-17-6-2-3-7-18(17)15-19/h2-9,12,15,20-21H,10-11,13-14,24H2,1H3. The van der Waals surface area contributed by atoms with E-state index in [1.54, 1.807) is 6.20 Å². The number of carbonyl (C=O) groups is 1. The summed E-state index contributed by atoms with van der Waals surface area (Å²) in [6.07, 6.45) is 3.39. The van der Waals surface area contributed by atoms with Crippen LogP contribution in [-0.2, 0) is 4.79 Å². The van der Waals surface area contributed by atoms with E-state index in [9.17, 15) is 4.79 Å². The van der Waals surface area contributed by atoms with Crippen LogP contribution in [0.25, 0.3) is 10.8 Å². The zero-order chi connectivity index (χ0) is 19.5. The fourth-order valence-corrected chi connectivity index (χ4v) is 3.69. The summed E-state index contributed by atoms with van der Waals surface area (Å²) in [6, 6.07) is 17.3. The number of fused-ring (bicyclic) bond motifs is 1. The number of hydrogen-bond donors (Lipinski definition) is 1. The number of rotatable bonds is 4. The molecule has 0 radical (unpaired) electrons. The summed E-state index contributed by atoms with van der Waals surface area (Å²) in [6.45, 7) is 3.29. The molecule has 1 aliphatic rings. The monoisotopic (exact) mass is 375 g/mol. The predicted molar refractivity (Wildman–Crippen MR) is 110 cm³/mol. The Morgan fingerprint density at radius 1 is 1.11 bits per heavy atom. The predicted octanol–water partition coefficient (Wildman–Crippen LogP) is 3.61. The van der Waals surface area contributed by atoms with Crippen LogP contribution in [0.1, 0.15) is 30.0 Å². The maximum Gasteiger partial charge on any atom is 0.244 e. The molecule has 1 atom stereocenters. The van der Waals surface area contributed by atoms with E-state index >= 15 is 0 Å². The molecule has 2 aromatic carbocycles. The SMILES string of the molecule is Cc1cccnc1OC1CCN(C(=O)C(N)c2ccc3ccccc3c2)CC1. The lowest BCUT2D eigenvalue weighted by atomic mass is 10.00. The van der Waals surface area contributed by atoms with Crippen molar-refractivity contribution in [3.05, 3.63) is 71.9 Å². The Morgan fingerprint density at radius 2 is 1.86 bits per heavy atom. The highest BCUT2D eigenvalue weighted by Crippen LogP contribution is 2.24. The van der Waals surface area contributed by atoms with E-state index in [1.807, 2.05) is 60.4 Å². The van der Waals surface area contributed by atoms with Crippen LogP contribution < -0.4 is 10.5 Å². The van der Waals surface area contributed by atoms with E-state index in [4.69, 9.17) is 10.5 Å². The third-order valence-corrected chi connectivity index (χ3v) is 5.39. The van der Waals surface area contributed by atoms with Crippen LogP contribution in [0.4, 0.5) is 0 Å². The number of aryl methyl sites for hydroxylation is 1. The van der Waals surface area contributed by atoms with Crippen molar-refractivity contribution in [1.82, 2.24) is 9.88 Å². The van der Waals surface area contributed by atoms with Gasteiger partial charge in [0.25, 0.3) is 0 Å². The molecule has 4 rings (SSSR count). The zero-order valence-electron chi connectivity index (χ0n) is 16.0. The van der Waals surface area contributed by atoms with Crippen molar-refractivity contribution in [2.45, 2.75) is 31.9 Å². The first-order valence-electron chi connectivity index (χ1n) is 9.73. The molecule has 3 aromatic rings. The molecule has 0 aliphatic carbocycles. The smallest absolute Gasteiger partial charge is 0.244 e. The van der Waals surface area contributed by atoms with Gasteiger partial charge in [-0.3, -0.25) is 4.79 Å². The number of ether oxygens (including phenoxy) is 1. The first-order valence-corrected chi connectivity index (χ1v) is 9.73. The summed E-state index contributed by atoms with van der Waals surface area (Å²) in [4.78, 5) is 19.1. The molecule has 5 heteroatoms. The number of nitrogens with zero attached hydrogens (tertiary/aromatic N) is 2. The largest absolute Gasteiger partial charge is 0.474 e. The van der Waals surface area contributed by atoms with E-state index in [0.717, 1.165) is 34.7 Å². The molecule has 1 fully saturated rings. The number of piperidine rings is 1. The molecule has 2 N–H and O–H groups in total. The Hall–Kier alpha value is -2.92. The molecule has 28 heavy (non-hydrogen) atoms. The zero-order valence-corrected chi connectivity index (χ0v) is 16.0. The van der Waals surface area contributed by atoms with Crippen molar-refractivity contribution >= 4 is 16.7 Å². The molecule has 2 heterocycles. The van der Waals surface area contributed by atoms with Gasteiger partial charge in [0.2, 0.25) is 11.8 Å². The molecule has 1 saturated heterocycles. The molecule has 1 amide bonds. The maximum absolute atomic E-state index is 12.9. The highest BCUT2D eigenvalue weighted by Gasteiger charge is 2.28. The molecule has 1 aliphatic heterocycles. The lowest BCUT2D eigenvalue weighted by Gasteiger charge is -2.33. The average molecular weight is 375 g/mol. The van der Waals surface area contributed by atoms with Gasteiger partial charge in [0, 0.05) is 37.7 Å². The number of amides is 1. The Kier molecular flexibility index (Phi) is 5.26. The summed E-state index contributed by atoms with van der Waals surface area (Å²) in [5, 5.41) is 2.25. The quantitative estimate of drug-likeness (QED) is 0.756. The van der Waals surface area contributed by atoms with Gasteiger partial charge in [-0.2, -0.15) is 0 Å². The molecule has 1 aromatic heterocycles. The lowest BCUT2D eigenvalue weighted by Crippen LogP contribution is -2.45. The Morgan fingerprint density at radius 3 is 2.61 bits per heavy atom. The lowest BCUT2D eigenvalue weighted by molar-refractivity contribution is -0.134. The van der Waals surface area contributed by atoms with Crippen LogP contribution in [0.15, 0.2) is 60.8 Å². The Bertz CT molecular complexity index is 980. The minimum Gasteiger partial charge on any atom is -0.474 e. The van der Waals surface area contributed by atoms with E-state index in [1.165, 1.54) is 0 Å². The average Bonchev–Trinajstić information content (AvgIpc) is 2.74. The maximum atomic E-state index is 12.9. The van der Waals surface area contributed by atoms with Gasteiger partial charge < -0.3 is 15.4 Å². The van der Waals surface area contributed by atoms with Gasteiger partial charge in [0.05, 0.1) is 0 Å². The van der Waals surface area contributed by atoms with Crippen molar-refractivity contribution < 1.29 is 9.53 Å². The number of pyridine rings is 1. The molecule has 144 valence electrons. The van der Waals surface area contributed by atoms with Gasteiger partial charge in [-0.05, 0) is 35.4 Å². The minimum atomic E-state index is -0.639. The number of likely N-dealkylation sites (tertiary alicyclic amines) is 1. The van der Waals surface area contributed by atoms with Crippen LogP contribution in [0, 0.1) is 6.92 Å². The number of aromatic nitrogens is 1. The fraction of sp³-hybridized carbons (Fsp3) is 0.304. The Labute approximate surface area is 165 Å². The molecule has 0 bridgehead atoms. The van der Waals surface area contributed by atoms with Gasteiger partial charge in [-0.1, -0.05) is 42.5 Å². The second-order valence-corrected chi connectivity index (χ2v) is 7.35. The van der Waals surface area contributed by atoms with Crippen LogP contribution in [0.5, 0.6) is 5.88 Å². The summed E-state index contributed by atoms with van der Waals surface area (Å²) in [5.41, 5.74) is 8.19. The van der Waals surface area contributed by atoms with E-state index in [0.29, 0.717) is 19.0 Å². The molecular formula is C23H25N3O2. The number of carbonyl (C=O) groups excluding carboxylic acids is 1. The van der Waals surface area contributed by atoms with E-state index in [2.05, 4.69) is 11.1 Å². The number of hydrogen-bond acceptors (Lipinski definition) is 4. The van der Waals surface area contributed by atoms with Gasteiger partial charge in [0.15, 0.2) is 0 Å². The molecule has 1 unspecified atom stereocenters. The fourth-order valence-electron chi connectivity index (χ4n) is 3.69. The third-order valence-electron chi connectivity index (χ3n) is 5.39. The minimum absolute atomic E-state index is 0.0252. The summed E-state index contributed by atoms with van der Waals surface area (Å²) in [5.74, 6) is 0.655. The van der Waals surface area contributed by atoms with E-state index in [-0.39, 0.29) is 12.0 Å². The van der Waals surface area contributed by atoms with E-state index < -0.39 is 6.04 Å². The topological polar surface area (TPSA) is 68.5 Å². The van der Waals surface area contributed by atoms with Crippen molar-refractivity contribution in [1.29, 1.82) is 0 Å². The van der Waals surface area contributed by atoms with Gasteiger partial charge in [-0.15, -0.1) is 0 Å². The van der Waals surface area contributed by atoms with Gasteiger partial charge >= 0.3 is 0 Å². The van der Waals surface area contributed by atoms with Crippen molar-refractivity contribution in [3.8, 4) is 5.88 Å². The second kappa shape index (κ2) is 7.98. The van der Waals surface area contributed by atoms with Crippen LogP contribution >= 0.6 is 0 Å². The molecule has 5 nitrogen and oxygen atoms in total. The summed E-state index contributed by atoms with van der Waals surface area (Å²) in [7, 11) is 0. The van der Waals surface area contributed by atoms with Crippen LogP contribution in [0.3, 0.4) is 0 Å². The Balaban J connectivity index is 1.38. The van der Waals surface area contributed by atoms with Crippen molar-refractivity contribution in [2.24, 2.45) is 5.73 Å². The number of benzene rings is 2. The first-order chi connectivity index (χ1) is 13.6. The molecular weight excluding hydrogens is 350 g/mol. The third kappa shape index (κ3) is 3.85. The van der Waals surface area contributed by atoms with Crippen LogP contribution in [0.2, 0.25) is 0 Å².